The summed E-state index contributed by atoms with van der Waals surface area (Å²) in [5.41, 5.74) is 1.82. The fourth-order valence-electron chi connectivity index (χ4n) is 2.71. The quantitative estimate of drug-likeness (QED) is 0.658. The number of halogens is 1. The van der Waals surface area contributed by atoms with Crippen molar-refractivity contribution in [3.63, 3.8) is 0 Å². The van der Waals surface area contributed by atoms with Crippen LogP contribution < -0.4 is 5.32 Å². The summed E-state index contributed by atoms with van der Waals surface area (Å²) >= 11 is 5.90. The Kier molecular flexibility index (Phi) is 6.50. The molecule has 1 aromatic heterocycles. The van der Waals surface area contributed by atoms with Gasteiger partial charge in [-0.15, -0.1) is 0 Å². The van der Waals surface area contributed by atoms with Crippen LogP contribution in [0.2, 0.25) is 5.02 Å². The molecule has 0 unspecified atom stereocenters. The van der Waals surface area contributed by atoms with E-state index in [9.17, 15) is 9.59 Å². The summed E-state index contributed by atoms with van der Waals surface area (Å²) in [5.74, 6) is 1.00. The van der Waals surface area contributed by atoms with Gasteiger partial charge in [0, 0.05) is 17.6 Å². The van der Waals surface area contributed by atoms with E-state index < -0.39 is 0 Å². The van der Waals surface area contributed by atoms with Crippen molar-refractivity contribution in [1.29, 1.82) is 0 Å². The Hall–Kier alpha value is -3.05. The van der Waals surface area contributed by atoms with Gasteiger partial charge in [0.05, 0.1) is 19.5 Å². The van der Waals surface area contributed by atoms with Crippen LogP contribution in [-0.2, 0) is 22.6 Å². The monoisotopic (exact) mass is 396 g/mol. The molecule has 6 heteroatoms. The van der Waals surface area contributed by atoms with Crippen molar-refractivity contribution >= 4 is 23.4 Å². The van der Waals surface area contributed by atoms with E-state index in [0.717, 1.165) is 11.1 Å². The van der Waals surface area contributed by atoms with Gasteiger partial charge >= 0.3 is 0 Å². The maximum absolute atomic E-state index is 12.3. The van der Waals surface area contributed by atoms with Crippen LogP contribution in [0.5, 0.6) is 0 Å². The molecule has 3 aromatic rings. The molecule has 5 nitrogen and oxygen atoms in total. The van der Waals surface area contributed by atoms with Crippen molar-refractivity contribution in [2.75, 3.05) is 13.6 Å². The van der Waals surface area contributed by atoms with Crippen LogP contribution in [0.15, 0.2) is 71.1 Å². The van der Waals surface area contributed by atoms with Gasteiger partial charge in [0.25, 0.3) is 0 Å². The maximum Gasteiger partial charge on any atom is 0.242 e. The molecule has 1 heterocycles. The number of nitrogens with zero attached hydrogens (tertiary/aromatic N) is 1. The maximum atomic E-state index is 12.3. The number of amides is 2. The predicted molar refractivity (Wildman–Crippen MR) is 109 cm³/mol. The molecule has 0 spiro atoms. The minimum absolute atomic E-state index is 0.0487. The van der Waals surface area contributed by atoms with E-state index in [4.69, 9.17) is 16.0 Å². The molecule has 0 aliphatic carbocycles. The van der Waals surface area contributed by atoms with E-state index in [1.54, 1.807) is 19.2 Å². The van der Waals surface area contributed by atoms with Crippen molar-refractivity contribution in [1.82, 2.24) is 10.2 Å². The minimum Gasteiger partial charge on any atom is -0.459 e. The number of likely N-dealkylation sites (N-methyl/N-ethyl adjacent to an activating group) is 1. The van der Waals surface area contributed by atoms with Gasteiger partial charge < -0.3 is 14.6 Å². The van der Waals surface area contributed by atoms with E-state index in [1.165, 1.54) is 4.90 Å². The summed E-state index contributed by atoms with van der Waals surface area (Å²) in [4.78, 5) is 25.8. The van der Waals surface area contributed by atoms with E-state index in [2.05, 4.69) is 5.32 Å². The van der Waals surface area contributed by atoms with Crippen molar-refractivity contribution in [3.05, 3.63) is 83.1 Å². The van der Waals surface area contributed by atoms with Crippen molar-refractivity contribution in [2.24, 2.45) is 0 Å². The minimum atomic E-state index is -0.189. The molecule has 2 aromatic carbocycles. The van der Waals surface area contributed by atoms with E-state index in [1.807, 2.05) is 54.6 Å². The lowest BCUT2D eigenvalue weighted by molar-refractivity contribution is -0.132. The Morgan fingerprint density at radius 3 is 2.43 bits per heavy atom. The summed E-state index contributed by atoms with van der Waals surface area (Å²) in [6.07, 6.45) is 0.250. The zero-order valence-electron chi connectivity index (χ0n) is 15.5. The first-order chi connectivity index (χ1) is 13.5. The first kappa shape index (κ1) is 19.7. The SMILES string of the molecule is CN(Cc1ccc(-c2ccc(Cl)cc2)o1)C(=O)CNC(=O)Cc1ccccc1. The third-order valence-corrected chi connectivity index (χ3v) is 4.51. The van der Waals surface area contributed by atoms with Crippen LogP contribution in [0.25, 0.3) is 11.3 Å². The lowest BCUT2D eigenvalue weighted by atomic mass is 10.1. The highest BCUT2D eigenvalue weighted by Gasteiger charge is 2.13. The van der Waals surface area contributed by atoms with Gasteiger partial charge in [-0.25, -0.2) is 0 Å². The first-order valence-electron chi connectivity index (χ1n) is 8.90. The van der Waals surface area contributed by atoms with Crippen molar-refractivity contribution in [3.8, 4) is 11.3 Å². The zero-order valence-corrected chi connectivity index (χ0v) is 16.3. The van der Waals surface area contributed by atoms with Crippen LogP contribution in [-0.4, -0.2) is 30.3 Å². The molecule has 144 valence electrons. The Morgan fingerprint density at radius 1 is 1.00 bits per heavy atom. The molecule has 0 saturated carbocycles. The summed E-state index contributed by atoms with van der Waals surface area (Å²) in [6, 6.07) is 20.5. The molecule has 0 atom stereocenters. The Balaban J connectivity index is 1.49. The number of furan rings is 1. The molecule has 0 bridgehead atoms. The molecule has 2 amide bonds. The van der Waals surface area contributed by atoms with Crippen molar-refractivity contribution < 1.29 is 14.0 Å². The zero-order chi connectivity index (χ0) is 19.9. The normalized spacial score (nSPS) is 10.5. The van der Waals surface area contributed by atoms with Crippen LogP contribution in [0.1, 0.15) is 11.3 Å². The molecule has 0 fully saturated rings. The van der Waals surface area contributed by atoms with Gasteiger partial charge in [0.15, 0.2) is 0 Å². The fraction of sp³-hybridized carbons (Fsp3) is 0.182. The fourth-order valence-corrected chi connectivity index (χ4v) is 2.83. The average Bonchev–Trinajstić information content (AvgIpc) is 3.16. The van der Waals surface area contributed by atoms with Crippen LogP contribution in [0.3, 0.4) is 0 Å². The smallest absolute Gasteiger partial charge is 0.242 e. The molecule has 0 aliphatic heterocycles. The van der Waals surface area contributed by atoms with Crippen LogP contribution in [0, 0.1) is 0 Å². The lowest BCUT2D eigenvalue weighted by Gasteiger charge is -2.16. The highest BCUT2D eigenvalue weighted by atomic mass is 35.5. The standard InChI is InChI=1S/C22H21ClN2O3/c1-25(22(27)14-24-21(26)13-16-5-3-2-4-6-16)15-19-11-12-20(28-19)17-7-9-18(23)10-8-17/h2-12H,13-15H2,1H3,(H,24,26). The average molecular weight is 397 g/mol. The van der Waals surface area contributed by atoms with E-state index >= 15 is 0 Å². The number of benzene rings is 2. The summed E-state index contributed by atoms with van der Waals surface area (Å²) in [6.45, 7) is 0.272. The molecule has 0 aliphatic rings. The van der Waals surface area contributed by atoms with Gasteiger partial charge in [-0.2, -0.15) is 0 Å². The predicted octanol–water partition coefficient (Wildman–Crippen LogP) is 3.92. The third kappa shape index (κ3) is 5.47. The molecule has 1 N–H and O–H groups in total. The first-order valence-corrected chi connectivity index (χ1v) is 9.28. The highest BCUT2D eigenvalue weighted by Crippen LogP contribution is 2.24. The van der Waals surface area contributed by atoms with Gasteiger partial charge in [-0.3, -0.25) is 9.59 Å². The Bertz CT molecular complexity index is 936. The molecule has 28 heavy (non-hydrogen) atoms. The number of carbonyl (C=O) groups is 2. The van der Waals surface area contributed by atoms with E-state index in [-0.39, 0.29) is 24.8 Å². The van der Waals surface area contributed by atoms with Gasteiger partial charge in [-0.05, 0) is 42.0 Å². The third-order valence-electron chi connectivity index (χ3n) is 4.25. The summed E-state index contributed by atoms with van der Waals surface area (Å²) < 4.78 is 5.81. The number of carbonyl (C=O) groups excluding carboxylic acids is 2. The summed E-state index contributed by atoms with van der Waals surface area (Å²) in [7, 11) is 1.68. The largest absolute Gasteiger partial charge is 0.459 e. The lowest BCUT2D eigenvalue weighted by Crippen LogP contribution is -2.38. The number of nitrogens with one attached hydrogen (secondary N) is 1. The van der Waals surface area contributed by atoms with Gasteiger partial charge in [0.1, 0.15) is 11.5 Å². The van der Waals surface area contributed by atoms with Crippen molar-refractivity contribution in [2.45, 2.75) is 13.0 Å². The highest BCUT2D eigenvalue weighted by molar-refractivity contribution is 6.30. The Morgan fingerprint density at radius 2 is 1.71 bits per heavy atom. The molecule has 0 saturated heterocycles. The second kappa shape index (κ2) is 9.24. The van der Waals surface area contributed by atoms with E-state index in [0.29, 0.717) is 23.1 Å². The second-order valence-corrected chi connectivity index (χ2v) is 6.90. The molecule has 3 rings (SSSR count). The molecular formula is C22H21ClN2O3. The van der Waals surface area contributed by atoms with Gasteiger partial charge in [-0.1, -0.05) is 41.9 Å². The molecule has 0 radical (unpaired) electrons. The van der Waals surface area contributed by atoms with Gasteiger partial charge in [0.2, 0.25) is 11.8 Å². The second-order valence-electron chi connectivity index (χ2n) is 6.46. The topological polar surface area (TPSA) is 62.6 Å². The summed E-state index contributed by atoms with van der Waals surface area (Å²) in [5, 5.41) is 3.32. The number of rotatable bonds is 7. The number of hydrogen-bond acceptors (Lipinski definition) is 3. The number of hydrogen-bond donors (Lipinski definition) is 1. The van der Waals surface area contributed by atoms with Crippen LogP contribution in [0.4, 0.5) is 0 Å². The van der Waals surface area contributed by atoms with Crippen LogP contribution >= 0.6 is 11.6 Å². The molecular weight excluding hydrogens is 376 g/mol. The Labute approximate surface area is 168 Å².